The van der Waals surface area contributed by atoms with Crippen molar-refractivity contribution in [1.29, 1.82) is 0 Å². The molecule has 0 aliphatic carbocycles. The molecule has 0 unspecified atom stereocenters. The average Bonchev–Trinajstić information content (AvgIpc) is 2.73. The Hall–Kier alpha value is -2.86. The van der Waals surface area contributed by atoms with E-state index in [2.05, 4.69) is 15.5 Å². The molecule has 2 N–H and O–H groups in total. The highest BCUT2D eigenvalue weighted by Crippen LogP contribution is 2.26. The van der Waals surface area contributed by atoms with Crippen molar-refractivity contribution in [3.8, 4) is 0 Å². The van der Waals surface area contributed by atoms with Gasteiger partial charge in [-0.2, -0.15) is 0 Å². The number of para-hydroxylation sites is 2. The number of amides is 2. The molecule has 0 saturated carbocycles. The zero-order valence-electron chi connectivity index (χ0n) is 15.5. The van der Waals surface area contributed by atoms with Crippen molar-refractivity contribution in [3.63, 3.8) is 0 Å². The first kappa shape index (κ1) is 18.9. The second-order valence-electron chi connectivity index (χ2n) is 6.40. The van der Waals surface area contributed by atoms with Crippen LogP contribution < -0.4 is 15.5 Å². The monoisotopic (exact) mass is 367 g/mol. The molecular formula is C21H25N3O3. The molecule has 2 aromatic carbocycles. The lowest BCUT2D eigenvalue weighted by Crippen LogP contribution is -2.36. The summed E-state index contributed by atoms with van der Waals surface area (Å²) in [4.78, 5) is 26.8. The van der Waals surface area contributed by atoms with Crippen LogP contribution in [-0.4, -0.2) is 44.7 Å². The molecule has 0 bridgehead atoms. The van der Waals surface area contributed by atoms with Crippen molar-refractivity contribution in [2.45, 2.75) is 13.3 Å². The van der Waals surface area contributed by atoms with E-state index in [1.54, 1.807) is 24.3 Å². The molecule has 1 heterocycles. The van der Waals surface area contributed by atoms with Crippen LogP contribution in [0.1, 0.15) is 34.1 Å². The molecule has 1 aliphatic heterocycles. The number of benzene rings is 2. The summed E-state index contributed by atoms with van der Waals surface area (Å²) in [6.45, 7) is 5.61. The van der Waals surface area contributed by atoms with E-state index in [1.807, 2.05) is 31.2 Å². The van der Waals surface area contributed by atoms with Crippen molar-refractivity contribution in [2.24, 2.45) is 0 Å². The van der Waals surface area contributed by atoms with Crippen molar-refractivity contribution < 1.29 is 14.3 Å². The van der Waals surface area contributed by atoms with Gasteiger partial charge in [0.15, 0.2) is 0 Å². The summed E-state index contributed by atoms with van der Waals surface area (Å²) in [5.41, 5.74) is 2.83. The number of morpholine rings is 1. The van der Waals surface area contributed by atoms with E-state index in [4.69, 9.17) is 4.74 Å². The predicted molar refractivity (Wildman–Crippen MR) is 106 cm³/mol. The summed E-state index contributed by atoms with van der Waals surface area (Å²) in [6.07, 6.45) is 0.884. The summed E-state index contributed by atoms with van der Waals surface area (Å²) in [5, 5.41) is 5.81. The molecule has 6 nitrogen and oxygen atoms in total. The Labute approximate surface area is 159 Å². The Balaban J connectivity index is 1.69. The van der Waals surface area contributed by atoms with Gasteiger partial charge in [0.05, 0.1) is 24.6 Å². The molecule has 27 heavy (non-hydrogen) atoms. The molecule has 1 saturated heterocycles. The van der Waals surface area contributed by atoms with Crippen LogP contribution in [0.3, 0.4) is 0 Å². The van der Waals surface area contributed by atoms with Crippen LogP contribution in [0.15, 0.2) is 48.5 Å². The first-order chi connectivity index (χ1) is 13.2. The standard InChI is InChI=1S/C21H25N3O3/c1-2-11-22-20(25)16-7-9-17(10-8-16)21(26)23-18-5-3-4-6-19(18)24-12-14-27-15-13-24/h3-10H,2,11-15H2,1H3,(H,22,25)(H,23,26). The van der Waals surface area contributed by atoms with Crippen LogP contribution in [0.4, 0.5) is 11.4 Å². The number of anilines is 2. The van der Waals surface area contributed by atoms with Crippen molar-refractivity contribution in [3.05, 3.63) is 59.7 Å². The maximum Gasteiger partial charge on any atom is 0.255 e. The molecule has 0 spiro atoms. The van der Waals surface area contributed by atoms with Crippen LogP contribution >= 0.6 is 0 Å². The SMILES string of the molecule is CCCNC(=O)c1ccc(C(=O)Nc2ccccc2N2CCOCC2)cc1. The third-order valence-electron chi connectivity index (χ3n) is 4.45. The minimum atomic E-state index is -0.198. The summed E-state index contributed by atoms with van der Waals surface area (Å²) in [7, 11) is 0. The van der Waals surface area contributed by atoms with Crippen LogP contribution in [0.2, 0.25) is 0 Å². The summed E-state index contributed by atoms with van der Waals surface area (Å²) in [5.74, 6) is -0.322. The number of nitrogens with zero attached hydrogens (tertiary/aromatic N) is 1. The van der Waals surface area contributed by atoms with Gasteiger partial charge >= 0.3 is 0 Å². The number of hydrogen-bond acceptors (Lipinski definition) is 4. The summed E-state index contributed by atoms with van der Waals surface area (Å²) in [6, 6.07) is 14.5. The lowest BCUT2D eigenvalue weighted by molar-refractivity contribution is 0.0951. The van der Waals surface area contributed by atoms with E-state index >= 15 is 0 Å². The third-order valence-corrected chi connectivity index (χ3v) is 4.45. The summed E-state index contributed by atoms with van der Waals surface area (Å²) < 4.78 is 5.40. The van der Waals surface area contributed by atoms with Gasteiger partial charge in [-0.15, -0.1) is 0 Å². The largest absolute Gasteiger partial charge is 0.378 e. The predicted octanol–water partition coefficient (Wildman–Crippen LogP) is 2.92. The first-order valence-corrected chi connectivity index (χ1v) is 9.30. The molecule has 0 radical (unpaired) electrons. The number of ether oxygens (including phenoxy) is 1. The number of hydrogen-bond donors (Lipinski definition) is 2. The topological polar surface area (TPSA) is 70.7 Å². The fourth-order valence-corrected chi connectivity index (χ4v) is 2.97. The number of rotatable bonds is 6. The van der Waals surface area contributed by atoms with Gasteiger partial charge in [-0.1, -0.05) is 19.1 Å². The second kappa shape index (κ2) is 9.19. The molecule has 6 heteroatoms. The quantitative estimate of drug-likeness (QED) is 0.824. The van der Waals surface area contributed by atoms with E-state index in [0.717, 1.165) is 30.9 Å². The van der Waals surface area contributed by atoms with Crippen molar-refractivity contribution in [2.75, 3.05) is 43.1 Å². The Morgan fingerprint density at radius 1 is 0.963 bits per heavy atom. The Morgan fingerprint density at radius 2 is 1.59 bits per heavy atom. The van der Waals surface area contributed by atoms with E-state index < -0.39 is 0 Å². The zero-order chi connectivity index (χ0) is 19.1. The van der Waals surface area contributed by atoms with Gasteiger partial charge < -0.3 is 20.3 Å². The van der Waals surface area contributed by atoms with Crippen LogP contribution in [0.25, 0.3) is 0 Å². The minimum Gasteiger partial charge on any atom is -0.378 e. The Bertz CT molecular complexity index is 784. The maximum absolute atomic E-state index is 12.6. The van der Waals surface area contributed by atoms with E-state index in [1.165, 1.54) is 0 Å². The van der Waals surface area contributed by atoms with Crippen LogP contribution in [0.5, 0.6) is 0 Å². The molecule has 3 rings (SSSR count). The molecule has 0 atom stereocenters. The van der Waals surface area contributed by atoms with Gasteiger partial charge in [0, 0.05) is 30.8 Å². The van der Waals surface area contributed by atoms with Crippen molar-refractivity contribution in [1.82, 2.24) is 5.32 Å². The van der Waals surface area contributed by atoms with Gasteiger partial charge in [-0.25, -0.2) is 0 Å². The first-order valence-electron chi connectivity index (χ1n) is 9.30. The normalized spacial score (nSPS) is 13.9. The van der Waals surface area contributed by atoms with Gasteiger partial charge in [-0.05, 0) is 42.8 Å². The van der Waals surface area contributed by atoms with E-state index in [-0.39, 0.29) is 11.8 Å². The average molecular weight is 367 g/mol. The smallest absolute Gasteiger partial charge is 0.255 e. The van der Waals surface area contributed by atoms with E-state index in [0.29, 0.717) is 30.9 Å². The van der Waals surface area contributed by atoms with Gasteiger partial charge in [-0.3, -0.25) is 9.59 Å². The van der Waals surface area contributed by atoms with Crippen LogP contribution in [-0.2, 0) is 4.74 Å². The molecule has 1 fully saturated rings. The van der Waals surface area contributed by atoms with Gasteiger partial charge in [0.25, 0.3) is 11.8 Å². The van der Waals surface area contributed by atoms with E-state index in [9.17, 15) is 9.59 Å². The summed E-state index contributed by atoms with van der Waals surface area (Å²) >= 11 is 0. The lowest BCUT2D eigenvalue weighted by Gasteiger charge is -2.30. The Morgan fingerprint density at radius 3 is 2.26 bits per heavy atom. The number of nitrogens with one attached hydrogen (secondary N) is 2. The lowest BCUT2D eigenvalue weighted by atomic mass is 10.1. The molecular weight excluding hydrogens is 342 g/mol. The van der Waals surface area contributed by atoms with Crippen LogP contribution in [0, 0.1) is 0 Å². The molecule has 1 aliphatic rings. The molecule has 0 aromatic heterocycles. The fraction of sp³-hybridized carbons (Fsp3) is 0.333. The molecule has 142 valence electrons. The highest BCUT2D eigenvalue weighted by molar-refractivity contribution is 6.06. The number of carbonyl (C=O) groups excluding carboxylic acids is 2. The molecule has 2 amide bonds. The minimum absolute atomic E-state index is 0.124. The van der Waals surface area contributed by atoms with Gasteiger partial charge in [0.1, 0.15) is 0 Å². The molecule has 2 aromatic rings. The highest BCUT2D eigenvalue weighted by Gasteiger charge is 2.16. The fourth-order valence-electron chi connectivity index (χ4n) is 2.97. The highest BCUT2D eigenvalue weighted by atomic mass is 16.5. The maximum atomic E-state index is 12.6. The van der Waals surface area contributed by atoms with Gasteiger partial charge in [0.2, 0.25) is 0 Å². The zero-order valence-corrected chi connectivity index (χ0v) is 15.5. The second-order valence-corrected chi connectivity index (χ2v) is 6.40. The number of carbonyl (C=O) groups is 2. The Kier molecular flexibility index (Phi) is 6.44. The third kappa shape index (κ3) is 4.86. The van der Waals surface area contributed by atoms with Crippen molar-refractivity contribution >= 4 is 23.2 Å².